The second kappa shape index (κ2) is 6.89. The maximum absolute atomic E-state index is 4.87. The first-order valence-electron chi connectivity index (χ1n) is 7.74. The number of nitrogens with zero attached hydrogens (tertiary/aromatic N) is 2. The van der Waals surface area contributed by atoms with Crippen LogP contribution in [0.15, 0.2) is 24.8 Å². The van der Waals surface area contributed by atoms with Crippen molar-refractivity contribution in [2.75, 3.05) is 18.0 Å². The topological polar surface area (TPSA) is 28.2 Å². The smallest absolute Gasteiger partial charge is 0.129 e. The highest BCUT2D eigenvalue weighted by Gasteiger charge is 2.29. The molecule has 1 N–H and O–H groups in total. The number of hydrogen-bond donors (Lipinski definition) is 1. The highest BCUT2D eigenvalue weighted by Crippen LogP contribution is 2.31. The molecule has 0 saturated heterocycles. The highest BCUT2D eigenvalue weighted by atomic mass is 15.2. The lowest BCUT2D eigenvalue weighted by atomic mass is 10.1. The Labute approximate surface area is 123 Å². The van der Waals surface area contributed by atoms with E-state index in [-0.39, 0.29) is 0 Å². The summed E-state index contributed by atoms with van der Waals surface area (Å²) in [6.07, 6.45) is 4.54. The van der Waals surface area contributed by atoms with E-state index in [0.29, 0.717) is 12.0 Å². The Morgan fingerprint density at radius 1 is 1.45 bits per heavy atom. The SMILES string of the molecule is C=CCN(c1cc(CNCC)cc(C(C)C)n1)C1CC1. The first-order valence-corrected chi connectivity index (χ1v) is 7.74. The molecule has 0 spiro atoms. The van der Waals surface area contributed by atoms with Gasteiger partial charge in [0, 0.05) is 24.8 Å². The van der Waals surface area contributed by atoms with Crippen LogP contribution in [0.2, 0.25) is 0 Å². The summed E-state index contributed by atoms with van der Waals surface area (Å²) >= 11 is 0. The Morgan fingerprint density at radius 2 is 2.20 bits per heavy atom. The molecule has 0 radical (unpaired) electrons. The van der Waals surface area contributed by atoms with E-state index in [9.17, 15) is 0 Å². The van der Waals surface area contributed by atoms with Crippen LogP contribution in [0.3, 0.4) is 0 Å². The summed E-state index contributed by atoms with van der Waals surface area (Å²) in [4.78, 5) is 7.27. The lowest BCUT2D eigenvalue weighted by molar-refractivity contribution is 0.717. The monoisotopic (exact) mass is 273 g/mol. The molecule has 1 aliphatic carbocycles. The van der Waals surface area contributed by atoms with Gasteiger partial charge in [0.15, 0.2) is 0 Å². The number of aromatic nitrogens is 1. The molecule has 1 aromatic heterocycles. The zero-order valence-corrected chi connectivity index (χ0v) is 13.0. The van der Waals surface area contributed by atoms with Gasteiger partial charge in [-0.05, 0) is 43.0 Å². The van der Waals surface area contributed by atoms with Crippen molar-refractivity contribution in [2.24, 2.45) is 0 Å². The quantitative estimate of drug-likeness (QED) is 0.735. The summed E-state index contributed by atoms with van der Waals surface area (Å²) < 4.78 is 0. The molecular formula is C17H27N3. The van der Waals surface area contributed by atoms with Crippen molar-refractivity contribution in [3.05, 3.63) is 36.0 Å². The fraction of sp³-hybridized carbons (Fsp3) is 0.588. The molecule has 1 fully saturated rings. The summed E-state index contributed by atoms with van der Waals surface area (Å²) in [7, 11) is 0. The number of pyridine rings is 1. The zero-order valence-electron chi connectivity index (χ0n) is 13.0. The Kier molecular flexibility index (Phi) is 5.18. The Bertz CT molecular complexity index is 450. The van der Waals surface area contributed by atoms with Crippen molar-refractivity contribution in [1.82, 2.24) is 10.3 Å². The molecule has 0 bridgehead atoms. The van der Waals surface area contributed by atoms with Gasteiger partial charge < -0.3 is 10.2 Å². The number of hydrogen-bond acceptors (Lipinski definition) is 3. The number of rotatable bonds is 8. The van der Waals surface area contributed by atoms with Gasteiger partial charge in [-0.1, -0.05) is 26.8 Å². The minimum Gasteiger partial charge on any atom is -0.350 e. The molecule has 3 nitrogen and oxygen atoms in total. The van der Waals surface area contributed by atoms with E-state index in [0.717, 1.165) is 25.5 Å². The molecule has 0 aliphatic heterocycles. The second-order valence-corrected chi connectivity index (χ2v) is 5.87. The highest BCUT2D eigenvalue weighted by molar-refractivity contribution is 5.46. The molecule has 3 heteroatoms. The van der Waals surface area contributed by atoms with E-state index in [1.807, 2.05) is 6.08 Å². The largest absolute Gasteiger partial charge is 0.350 e. The van der Waals surface area contributed by atoms with Crippen molar-refractivity contribution >= 4 is 5.82 Å². The summed E-state index contributed by atoms with van der Waals surface area (Å²) in [6.45, 7) is 13.2. The second-order valence-electron chi connectivity index (χ2n) is 5.87. The molecule has 0 amide bonds. The molecular weight excluding hydrogens is 246 g/mol. The maximum Gasteiger partial charge on any atom is 0.129 e. The molecule has 1 aromatic rings. The van der Waals surface area contributed by atoms with E-state index >= 15 is 0 Å². The third kappa shape index (κ3) is 3.83. The van der Waals surface area contributed by atoms with E-state index in [1.54, 1.807) is 0 Å². The lowest BCUT2D eigenvalue weighted by Crippen LogP contribution is -2.27. The minimum absolute atomic E-state index is 0.458. The molecule has 110 valence electrons. The predicted octanol–water partition coefficient (Wildman–Crippen LogP) is 3.47. The number of anilines is 1. The van der Waals surface area contributed by atoms with Crippen LogP contribution >= 0.6 is 0 Å². The zero-order chi connectivity index (χ0) is 14.5. The molecule has 0 aromatic carbocycles. The Morgan fingerprint density at radius 3 is 2.75 bits per heavy atom. The summed E-state index contributed by atoms with van der Waals surface area (Å²) in [5.74, 6) is 1.58. The lowest BCUT2D eigenvalue weighted by Gasteiger charge is -2.24. The molecule has 20 heavy (non-hydrogen) atoms. The molecule has 1 heterocycles. The van der Waals surface area contributed by atoms with Crippen molar-refractivity contribution in [1.29, 1.82) is 0 Å². The van der Waals surface area contributed by atoms with E-state index in [1.165, 1.54) is 24.1 Å². The van der Waals surface area contributed by atoms with Crippen molar-refractivity contribution in [3.8, 4) is 0 Å². The first kappa shape index (κ1) is 15.0. The normalized spacial score (nSPS) is 14.6. The van der Waals surface area contributed by atoms with Gasteiger partial charge >= 0.3 is 0 Å². The summed E-state index contributed by atoms with van der Waals surface area (Å²) in [5, 5.41) is 3.41. The van der Waals surface area contributed by atoms with Gasteiger partial charge in [-0.3, -0.25) is 0 Å². The Hall–Kier alpha value is -1.35. The standard InChI is InChI=1S/C17H27N3/c1-5-9-20(15-7-8-15)17-11-14(12-18-6-2)10-16(19-17)13(3)4/h5,10-11,13,15,18H,1,6-9,12H2,2-4H3. The van der Waals surface area contributed by atoms with Gasteiger partial charge in [0.2, 0.25) is 0 Å². The third-order valence-corrected chi connectivity index (χ3v) is 3.67. The fourth-order valence-corrected chi connectivity index (χ4v) is 2.36. The van der Waals surface area contributed by atoms with Crippen LogP contribution in [0.4, 0.5) is 5.82 Å². The van der Waals surface area contributed by atoms with E-state index in [2.05, 4.69) is 49.7 Å². The van der Waals surface area contributed by atoms with Gasteiger partial charge in [-0.15, -0.1) is 6.58 Å². The van der Waals surface area contributed by atoms with Crippen molar-refractivity contribution in [2.45, 2.75) is 52.1 Å². The average molecular weight is 273 g/mol. The first-order chi connectivity index (χ1) is 9.65. The third-order valence-electron chi connectivity index (χ3n) is 3.67. The molecule has 1 saturated carbocycles. The maximum atomic E-state index is 4.87. The van der Waals surface area contributed by atoms with Gasteiger partial charge in [0.05, 0.1) is 0 Å². The minimum atomic E-state index is 0.458. The molecule has 0 unspecified atom stereocenters. The van der Waals surface area contributed by atoms with Gasteiger partial charge in [0.1, 0.15) is 5.82 Å². The van der Waals surface area contributed by atoms with Crippen LogP contribution in [0.5, 0.6) is 0 Å². The predicted molar refractivity (Wildman–Crippen MR) is 86.3 cm³/mol. The van der Waals surface area contributed by atoms with E-state index < -0.39 is 0 Å². The van der Waals surface area contributed by atoms with Crippen LogP contribution in [0, 0.1) is 0 Å². The molecule has 2 rings (SSSR count). The van der Waals surface area contributed by atoms with Crippen LogP contribution in [-0.2, 0) is 6.54 Å². The Balaban J connectivity index is 2.28. The van der Waals surface area contributed by atoms with Crippen LogP contribution in [0.1, 0.15) is 50.8 Å². The average Bonchev–Trinajstić information content (AvgIpc) is 3.26. The van der Waals surface area contributed by atoms with Crippen molar-refractivity contribution < 1.29 is 0 Å². The van der Waals surface area contributed by atoms with Crippen LogP contribution in [0.25, 0.3) is 0 Å². The van der Waals surface area contributed by atoms with Gasteiger partial charge in [0.25, 0.3) is 0 Å². The number of nitrogens with one attached hydrogen (secondary N) is 1. The van der Waals surface area contributed by atoms with Crippen molar-refractivity contribution in [3.63, 3.8) is 0 Å². The van der Waals surface area contributed by atoms with Crippen LogP contribution in [-0.4, -0.2) is 24.1 Å². The molecule has 0 atom stereocenters. The van der Waals surface area contributed by atoms with Gasteiger partial charge in [-0.25, -0.2) is 4.98 Å². The van der Waals surface area contributed by atoms with Gasteiger partial charge in [-0.2, -0.15) is 0 Å². The van der Waals surface area contributed by atoms with E-state index in [4.69, 9.17) is 4.98 Å². The van der Waals surface area contributed by atoms with Crippen LogP contribution < -0.4 is 10.2 Å². The summed E-state index contributed by atoms with van der Waals surface area (Å²) in [5.41, 5.74) is 2.51. The molecule has 1 aliphatic rings. The summed E-state index contributed by atoms with van der Waals surface area (Å²) in [6, 6.07) is 5.13. The fourth-order valence-electron chi connectivity index (χ4n) is 2.36.